The average molecular weight is 290 g/mol. The van der Waals surface area contributed by atoms with Crippen molar-refractivity contribution in [2.75, 3.05) is 6.54 Å². The van der Waals surface area contributed by atoms with Gasteiger partial charge in [0.25, 0.3) is 0 Å². The molecule has 20 heavy (non-hydrogen) atoms. The molecule has 0 N–H and O–H groups in total. The van der Waals surface area contributed by atoms with Crippen LogP contribution in [0.25, 0.3) is 0 Å². The van der Waals surface area contributed by atoms with Gasteiger partial charge in [0.1, 0.15) is 0 Å². The van der Waals surface area contributed by atoms with Crippen LogP contribution in [-0.2, 0) is 17.8 Å². The van der Waals surface area contributed by atoms with Crippen LogP contribution < -0.4 is 0 Å². The molecule has 0 bridgehead atoms. The molecule has 3 heterocycles. The third-order valence-corrected chi connectivity index (χ3v) is 4.48. The van der Waals surface area contributed by atoms with Gasteiger partial charge in [0, 0.05) is 24.3 Å². The van der Waals surface area contributed by atoms with E-state index >= 15 is 0 Å². The van der Waals surface area contributed by atoms with E-state index in [4.69, 9.17) is 0 Å². The van der Waals surface area contributed by atoms with Gasteiger partial charge in [-0.1, -0.05) is 0 Å². The van der Waals surface area contributed by atoms with Crippen LogP contribution in [0.2, 0.25) is 0 Å². The first-order valence-corrected chi connectivity index (χ1v) is 7.78. The summed E-state index contributed by atoms with van der Waals surface area (Å²) in [5.74, 6) is 0.185. The minimum Gasteiger partial charge on any atom is -0.338 e. The van der Waals surface area contributed by atoms with E-state index in [1.807, 2.05) is 34.1 Å². The molecule has 1 aliphatic rings. The maximum atomic E-state index is 12.4. The van der Waals surface area contributed by atoms with E-state index in [1.54, 1.807) is 17.5 Å². The molecule has 2 aromatic rings. The number of carbonyl (C=O) groups is 1. The number of carbonyl (C=O) groups excluding carboxylic acids is 1. The molecular weight excluding hydrogens is 272 g/mol. The van der Waals surface area contributed by atoms with Crippen LogP contribution in [0.4, 0.5) is 0 Å². The molecule has 1 saturated heterocycles. The Balaban J connectivity index is 1.64. The van der Waals surface area contributed by atoms with Gasteiger partial charge in [0.05, 0.1) is 29.7 Å². The molecule has 0 spiro atoms. The van der Waals surface area contributed by atoms with Crippen molar-refractivity contribution in [2.45, 2.75) is 38.8 Å². The smallest absolute Gasteiger partial charge is 0.228 e. The number of thiazole rings is 1. The highest BCUT2D eigenvalue weighted by molar-refractivity contribution is 7.09. The molecule has 0 aromatic carbocycles. The Bertz CT molecular complexity index is 578. The fourth-order valence-electron chi connectivity index (χ4n) is 2.72. The minimum atomic E-state index is 0.185. The second-order valence-corrected chi connectivity index (χ2v) is 6.21. The number of aromatic nitrogens is 3. The van der Waals surface area contributed by atoms with Crippen LogP contribution >= 0.6 is 11.3 Å². The summed E-state index contributed by atoms with van der Waals surface area (Å²) in [6.45, 7) is 3.61. The molecule has 0 saturated carbocycles. The van der Waals surface area contributed by atoms with Crippen molar-refractivity contribution < 1.29 is 4.79 Å². The summed E-state index contributed by atoms with van der Waals surface area (Å²) in [4.78, 5) is 18.8. The Morgan fingerprint density at radius 3 is 3.15 bits per heavy atom. The molecule has 1 amide bonds. The second kappa shape index (κ2) is 5.75. The normalized spacial score (nSPS) is 18.6. The van der Waals surface area contributed by atoms with Crippen molar-refractivity contribution in [3.8, 4) is 0 Å². The van der Waals surface area contributed by atoms with Gasteiger partial charge < -0.3 is 4.90 Å². The van der Waals surface area contributed by atoms with E-state index < -0.39 is 0 Å². The van der Waals surface area contributed by atoms with Crippen molar-refractivity contribution in [2.24, 2.45) is 0 Å². The number of rotatable bonds is 4. The third-order valence-electron chi connectivity index (χ3n) is 3.65. The Kier molecular flexibility index (Phi) is 3.82. The van der Waals surface area contributed by atoms with Gasteiger partial charge in [0.15, 0.2) is 0 Å². The van der Waals surface area contributed by atoms with Gasteiger partial charge >= 0.3 is 0 Å². The molecule has 1 aliphatic heterocycles. The molecule has 1 fully saturated rings. The highest BCUT2D eigenvalue weighted by atomic mass is 32.1. The number of aryl methyl sites for hydroxylation is 1. The first-order valence-electron chi connectivity index (χ1n) is 6.90. The van der Waals surface area contributed by atoms with Gasteiger partial charge in [0.2, 0.25) is 5.91 Å². The number of hydrogen-bond donors (Lipinski definition) is 0. The molecule has 2 aromatic heterocycles. The first-order chi connectivity index (χ1) is 9.72. The zero-order chi connectivity index (χ0) is 13.9. The van der Waals surface area contributed by atoms with Crippen LogP contribution in [0, 0.1) is 6.92 Å². The van der Waals surface area contributed by atoms with Gasteiger partial charge in [-0.2, -0.15) is 5.10 Å². The van der Waals surface area contributed by atoms with Gasteiger partial charge in [-0.3, -0.25) is 9.48 Å². The van der Waals surface area contributed by atoms with Crippen molar-refractivity contribution in [1.29, 1.82) is 0 Å². The van der Waals surface area contributed by atoms with Gasteiger partial charge in [-0.25, -0.2) is 4.98 Å². The Morgan fingerprint density at radius 2 is 2.45 bits per heavy atom. The van der Waals surface area contributed by atoms with E-state index in [2.05, 4.69) is 10.1 Å². The molecule has 6 heteroatoms. The van der Waals surface area contributed by atoms with E-state index in [9.17, 15) is 4.79 Å². The Hall–Kier alpha value is -1.69. The highest BCUT2D eigenvalue weighted by Gasteiger charge is 2.29. The lowest BCUT2D eigenvalue weighted by Crippen LogP contribution is -2.39. The summed E-state index contributed by atoms with van der Waals surface area (Å²) < 4.78 is 1.91. The molecule has 1 atom stereocenters. The lowest BCUT2D eigenvalue weighted by molar-refractivity contribution is -0.131. The first kappa shape index (κ1) is 13.3. The van der Waals surface area contributed by atoms with E-state index in [0.29, 0.717) is 6.42 Å². The van der Waals surface area contributed by atoms with Crippen molar-refractivity contribution >= 4 is 17.2 Å². The minimum absolute atomic E-state index is 0.185. The third kappa shape index (κ3) is 2.90. The molecule has 3 rings (SSSR count). The van der Waals surface area contributed by atoms with Crippen LogP contribution in [0.1, 0.15) is 23.5 Å². The molecular formula is C14H18N4OS. The zero-order valence-electron chi connectivity index (χ0n) is 11.5. The van der Waals surface area contributed by atoms with Crippen LogP contribution in [0.15, 0.2) is 23.8 Å². The Morgan fingerprint density at radius 1 is 1.55 bits per heavy atom. The molecule has 0 unspecified atom stereocenters. The number of nitrogens with zero attached hydrogens (tertiary/aromatic N) is 4. The fraction of sp³-hybridized carbons (Fsp3) is 0.500. The van der Waals surface area contributed by atoms with Crippen LogP contribution in [0.3, 0.4) is 0 Å². The van der Waals surface area contributed by atoms with Gasteiger partial charge in [-0.15, -0.1) is 11.3 Å². The zero-order valence-corrected chi connectivity index (χ0v) is 12.3. The van der Waals surface area contributed by atoms with Crippen molar-refractivity contribution in [3.63, 3.8) is 0 Å². The largest absolute Gasteiger partial charge is 0.338 e. The maximum absolute atomic E-state index is 12.4. The van der Waals surface area contributed by atoms with Crippen LogP contribution in [0.5, 0.6) is 0 Å². The maximum Gasteiger partial charge on any atom is 0.228 e. The summed E-state index contributed by atoms with van der Waals surface area (Å²) in [5, 5.41) is 7.22. The molecule has 0 radical (unpaired) electrons. The standard InChI is InChI=1S/C14H18N4OS/c1-11-16-12(10-20-11)8-14(19)18-7-2-4-13(18)9-17-6-3-5-15-17/h3,5-6,10,13H,2,4,7-9H2,1H3/t13-/m0/s1. The van der Waals surface area contributed by atoms with Gasteiger partial charge in [-0.05, 0) is 25.8 Å². The Labute approximate surface area is 122 Å². The molecule has 5 nitrogen and oxygen atoms in total. The lowest BCUT2D eigenvalue weighted by Gasteiger charge is -2.24. The number of hydrogen-bond acceptors (Lipinski definition) is 4. The predicted octanol–water partition coefficient (Wildman–Crippen LogP) is 1.88. The lowest BCUT2D eigenvalue weighted by atomic mass is 10.2. The number of amides is 1. The highest BCUT2D eigenvalue weighted by Crippen LogP contribution is 2.20. The topological polar surface area (TPSA) is 51.0 Å². The summed E-state index contributed by atoms with van der Waals surface area (Å²) >= 11 is 1.60. The fourth-order valence-corrected chi connectivity index (χ4v) is 3.34. The molecule has 0 aliphatic carbocycles. The number of likely N-dealkylation sites (tertiary alicyclic amines) is 1. The summed E-state index contributed by atoms with van der Waals surface area (Å²) in [6, 6.07) is 2.18. The predicted molar refractivity (Wildman–Crippen MR) is 77.5 cm³/mol. The average Bonchev–Trinajstić information content (AvgIpc) is 3.12. The van der Waals surface area contributed by atoms with E-state index in [-0.39, 0.29) is 11.9 Å². The second-order valence-electron chi connectivity index (χ2n) is 5.15. The SMILES string of the molecule is Cc1nc(CC(=O)N2CCC[C@H]2Cn2cccn2)cs1. The monoisotopic (exact) mass is 290 g/mol. The van der Waals surface area contributed by atoms with E-state index in [0.717, 1.165) is 36.6 Å². The van der Waals surface area contributed by atoms with Crippen molar-refractivity contribution in [3.05, 3.63) is 34.5 Å². The summed E-state index contributed by atoms with van der Waals surface area (Å²) in [6.07, 6.45) is 6.28. The summed E-state index contributed by atoms with van der Waals surface area (Å²) in [5.41, 5.74) is 0.891. The quantitative estimate of drug-likeness (QED) is 0.864. The van der Waals surface area contributed by atoms with E-state index in [1.165, 1.54) is 0 Å². The molecule has 106 valence electrons. The van der Waals surface area contributed by atoms with Crippen molar-refractivity contribution in [1.82, 2.24) is 19.7 Å². The summed E-state index contributed by atoms with van der Waals surface area (Å²) in [7, 11) is 0. The van der Waals surface area contributed by atoms with Crippen LogP contribution in [-0.4, -0.2) is 38.2 Å².